The summed E-state index contributed by atoms with van der Waals surface area (Å²) in [7, 11) is -0.249. The average Bonchev–Trinajstić information content (AvgIpc) is 3.57. The number of aryl methyl sites for hydroxylation is 1. The van der Waals surface area contributed by atoms with E-state index in [9.17, 15) is 4.79 Å². The summed E-state index contributed by atoms with van der Waals surface area (Å²) < 4.78 is 31.6. The van der Waals surface area contributed by atoms with Crippen LogP contribution in [0.1, 0.15) is 46.0 Å². The SMILES string of the molecule is COc1nc(N)nc2c1nc(C)n2C1COC(COP(NC(C)C(=O)OCC(C)(C)C)Oc2cccc3ncccc23)C1. The van der Waals surface area contributed by atoms with Gasteiger partial charge in [-0.3, -0.25) is 9.78 Å². The molecule has 1 saturated heterocycles. The molecular formula is C29H38N7O6P. The third-order valence-corrected chi connectivity index (χ3v) is 8.13. The molecule has 230 valence electrons. The molecule has 0 radical (unpaired) electrons. The van der Waals surface area contributed by atoms with Crippen molar-refractivity contribution in [2.75, 3.05) is 32.7 Å². The summed E-state index contributed by atoms with van der Waals surface area (Å²) >= 11 is 0. The van der Waals surface area contributed by atoms with Gasteiger partial charge in [-0.05, 0) is 49.9 Å². The van der Waals surface area contributed by atoms with Crippen LogP contribution >= 0.6 is 8.53 Å². The van der Waals surface area contributed by atoms with Gasteiger partial charge in [-0.1, -0.05) is 26.8 Å². The Kier molecular flexibility index (Phi) is 9.26. The standard InChI is InChI=1S/C29H38N7O6P/c1-17(27(37)40-16-29(3,4)5)35-43(42-23-11-7-10-22-21(23)9-8-12-31-22)41-15-20-13-19(14-39-20)36-18(2)32-24-25(36)33-28(30)34-26(24)38-6/h7-12,17,19-20,35H,13-16H2,1-6H3,(H2,30,33,34). The van der Waals surface area contributed by atoms with Crippen LogP contribution in [0.5, 0.6) is 11.6 Å². The molecule has 1 aliphatic rings. The maximum Gasteiger partial charge on any atom is 0.323 e. The molecule has 0 saturated carbocycles. The molecule has 3 N–H and O–H groups in total. The molecule has 0 aliphatic carbocycles. The van der Waals surface area contributed by atoms with Crippen molar-refractivity contribution in [2.45, 2.75) is 59.2 Å². The van der Waals surface area contributed by atoms with Crippen LogP contribution in [0.3, 0.4) is 0 Å². The van der Waals surface area contributed by atoms with Crippen molar-refractivity contribution in [3.8, 4) is 11.6 Å². The second-order valence-electron chi connectivity index (χ2n) is 11.6. The van der Waals surface area contributed by atoms with Crippen LogP contribution in [-0.2, 0) is 18.8 Å². The summed E-state index contributed by atoms with van der Waals surface area (Å²) in [6.45, 7) is 10.6. The first-order valence-corrected chi connectivity index (χ1v) is 15.3. The van der Waals surface area contributed by atoms with E-state index in [1.165, 1.54) is 7.11 Å². The number of hydrogen-bond acceptors (Lipinski definition) is 12. The molecule has 0 amide bonds. The molecule has 1 aliphatic heterocycles. The van der Waals surface area contributed by atoms with Crippen LogP contribution < -0.4 is 20.1 Å². The van der Waals surface area contributed by atoms with Gasteiger partial charge in [0, 0.05) is 11.6 Å². The minimum Gasteiger partial charge on any atom is -0.479 e. The number of fused-ring (bicyclic) bond motifs is 2. The number of methoxy groups -OCH3 is 1. The second-order valence-corrected chi connectivity index (χ2v) is 12.8. The molecule has 4 unspecified atom stereocenters. The number of nitrogens with one attached hydrogen (secondary N) is 1. The Balaban J connectivity index is 1.30. The number of hydrogen-bond donors (Lipinski definition) is 2. The first-order chi connectivity index (χ1) is 20.5. The van der Waals surface area contributed by atoms with E-state index < -0.39 is 14.6 Å². The van der Waals surface area contributed by atoms with Gasteiger partial charge in [-0.15, -0.1) is 0 Å². The number of benzene rings is 1. The third kappa shape index (κ3) is 7.30. The van der Waals surface area contributed by atoms with Crippen molar-refractivity contribution in [2.24, 2.45) is 5.41 Å². The lowest BCUT2D eigenvalue weighted by Gasteiger charge is -2.24. The van der Waals surface area contributed by atoms with Gasteiger partial charge < -0.3 is 33.6 Å². The Bertz CT molecular complexity index is 1590. The molecule has 4 aromatic rings. The van der Waals surface area contributed by atoms with E-state index in [1.807, 2.05) is 62.6 Å². The Labute approximate surface area is 251 Å². The van der Waals surface area contributed by atoms with Crippen molar-refractivity contribution in [1.82, 2.24) is 29.6 Å². The fourth-order valence-electron chi connectivity index (χ4n) is 4.74. The molecular weight excluding hydrogens is 573 g/mol. The van der Waals surface area contributed by atoms with Gasteiger partial charge >= 0.3 is 14.5 Å². The van der Waals surface area contributed by atoms with Gasteiger partial charge in [0.1, 0.15) is 17.6 Å². The number of nitrogen functional groups attached to an aromatic ring is 1. The number of carbonyl (C=O) groups excluding carboxylic acids is 1. The number of pyridine rings is 1. The molecule has 0 spiro atoms. The number of carbonyl (C=O) groups is 1. The fraction of sp³-hybridized carbons (Fsp3) is 0.483. The van der Waals surface area contributed by atoms with E-state index in [4.69, 9.17) is 29.0 Å². The van der Waals surface area contributed by atoms with Crippen LogP contribution in [0.4, 0.5) is 5.95 Å². The molecule has 13 nitrogen and oxygen atoms in total. The minimum atomic E-state index is -1.77. The van der Waals surface area contributed by atoms with E-state index in [2.05, 4.69) is 25.0 Å². The number of imidazole rings is 1. The van der Waals surface area contributed by atoms with Crippen LogP contribution in [0.25, 0.3) is 22.1 Å². The number of anilines is 1. The van der Waals surface area contributed by atoms with Gasteiger partial charge in [-0.2, -0.15) is 9.97 Å². The van der Waals surface area contributed by atoms with Gasteiger partial charge in [0.05, 0.1) is 44.6 Å². The lowest BCUT2D eigenvalue weighted by atomic mass is 9.99. The topological polar surface area (TPSA) is 158 Å². The smallest absolute Gasteiger partial charge is 0.323 e. The monoisotopic (exact) mass is 611 g/mol. The first-order valence-electron chi connectivity index (χ1n) is 14.1. The second kappa shape index (κ2) is 12.9. The summed E-state index contributed by atoms with van der Waals surface area (Å²) in [5.74, 6) is 1.40. The highest BCUT2D eigenvalue weighted by molar-refractivity contribution is 7.45. The van der Waals surface area contributed by atoms with Crippen molar-refractivity contribution in [1.29, 1.82) is 0 Å². The number of aromatic nitrogens is 5. The van der Waals surface area contributed by atoms with Crippen LogP contribution in [-0.4, -0.2) is 69.5 Å². The molecule has 1 fully saturated rings. The molecule has 43 heavy (non-hydrogen) atoms. The Hall–Kier alpha value is -3.64. The van der Waals surface area contributed by atoms with Crippen LogP contribution in [0.2, 0.25) is 0 Å². The van der Waals surface area contributed by atoms with E-state index in [0.717, 1.165) is 16.7 Å². The number of ether oxygens (including phenoxy) is 3. The van der Waals surface area contributed by atoms with Crippen molar-refractivity contribution >= 4 is 42.5 Å². The van der Waals surface area contributed by atoms with E-state index in [1.54, 1.807) is 13.1 Å². The highest BCUT2D eigenvalue weighted by atomic mass is 31.2. The Morgan fingerprint density at radius 2 is 2.05 bits per heavy atom. The van der Waals surface area contributed by atoms with E-state index in [-0.39, 0.29) is 36.1 Å². The summed E-state index contributed by atoms with van der Waals surface area (Å²) in [6.07, 6.45) is 2.13. The average molecular weight is 612 g/mol. The molecule has 5 rings (SSSR count). The highest BCUT2D eigenvalue weighted by Crippen LogP contribution is 2.40. The predicted molar refractivity (Wildman–Crippen MR) is 163 cm³/mol. The molecule has 1 aromatic carbocycles. The van der Waals surface area contributed by atoms with E-state index >= 15 is 0 Å². The summed E-state index contributed by atoms with van der Waals surface area (Å²) in [5, 5.41) is 4.03. The Morgan fingerprint density at radius 3 is 2.81 bits per heavy atom. The third-order valence-electron chi connectivity index (χ3n) is 6.78. The van der Waals surface area contributed by atoms with Crippen molar-refractivity contribution in [3.63, 3.8) is 0 Å². The zero-order valence-corrected chi connectivity index (χ0v) is 26.1. The molecule has 4 atom stereocenters. The zero-order valence-electron chi connectivity index (χ0n) is 25.2. The van der Waals surface area contributed by atoms with Gasteiger partial charge in [-0.25, -0.2) is 10.1 Å². The van der Waals surface area contributed by atoms with E-state index in [0.29, 0.717) is 42.4 Å². The van der Waals surface area contributed by atoms with Crippen LogP contribution in [0.15, 0.2) is 36.5 Å². The summed E-state index contributed by atoms with van der Waals surface area (Å²) in [5.41, 5.74) is 7.71. The largest absolute Gasteiger partial charge is 0.479 e. The van der Waals surface area contributed by atoms with Crippen molar-refractivity contribution in [3.05, 3.63) is 42.4 Å². The Morgan fingerprint density at radius 1 is 1.23 bits per heavy atom. The first kappa shape index (κ1) is 30.8. The number of nitrogens with zero attached hydrogens (tertiary/aromatic N) is 5. The number of esters is 1. The minimum absolute atomic E-state index is 0.0480. The number of rotatable bonds is 11. The van der Waals surface area contributed by atoms with Gasteiger partial charge in [0.2, 0.25) is 11.8 Å². The quantitative estimate of drug-likeness (QED) is 0.181. The van der Waals surface area contributed by atoms with Crippen LogP contribution in [0, 0.1) is 12.3 Å². The molecule has 0 bridgehead atoms. The lowest BCUT2D eigenvalue weighted by molar-refractivity contribution is -0.148. The molecule has 4 heterocycles. The lowest BCUT2D eigenvalue weighted by Crippen LogP contribution is -2.35. The summed E-state index contributed by atoms with van der Waals surface area (Å²) in [6, 6.07) is 8.69. The predicted octanol–water partition coefficient (Wildman–Crippen LogP) is 4.49. The molecule has 3 aromatic heterocycles. The summed E-state index contributed by atoms with van der Waals surface area (Å²) in [4.78, 5) is 30.4. The normalized spacial score (nSPS) is 18.6. The molecule has 14 heteroatoms. The van der Waals surface area contributed by atoms with Gasteiger partial charge in [0.25, 0.3) is 0 Å². The maximum absolute atomic E-state index is 12.8. The number of nitrogens with two attached hydrogens (primary N) is 1. The zero-order chi connectivity index (χ0) is 30.7. The van der Waals surface area contributed by atoms with Crippen molar-refractivity contribution < 1.29 is 28.1 Å². The fourth-order valence-corrected chi connectivity index (χ4v) is 5.99. The highest BCUT2D eigenvalue weighted by Gasteiger charge is 2.32. The van der Waals surface area contributed by atoms with Gasteiger partial charge in [0.15, 0.2) is 11.2 Å². The maximum atomic E-state index is 12.8.